The van der Waals surface area contributed by atoms with Gasteiger partial charge in [-0.1, -0.05) is 18.2 Å². The van der Waals surface area contributed by atoms with E-state index in [2.05, 4.69) is 15.7 Å². The van der Waals surface area contributed by atoms with Gasteiger partial charge in [0, 0.05) is 18.8 Å². The molecule has 0 atom stereocenters. The number of benzene rings is 1. The van der Waals surface area contributed by atoms with E-state index in [-0.39, 0.29) is 18.0 Å². The number of carboxylic acid groups (broad SMARTS) is 1. The number of urea groups is 1. The van der Waals surface area contributed by atoms with Crippen molar-refractivity contribution in [1.82, 2.24) is 20.4 Å². The highest BCUT2D eigenvalue weighted by Gasteiger charge is 2.26. The quantitative estimate of drug-likeness (QED) is 0.740. The summed E-state index contributed by atoms with van der Waals surface area (Å²) in [4.78, 5) is 22.9. The van der Waals surface area contributed by atoms with Crippen LogP contribution >= 0.6 is 0 Å². The van der Waals surface area contributed by atoms with Gasteiger partial charge in [-0.25, -0.2) is 9.48 Å². The van der Waals surface area contributed by atoms with Gasteiger partial charge in [0.2, 0.25) is 0 Å². The Kier molecular flexibility index (Phi) is 5.88. The molecule has 2 amide bonds. The number of nitrogens with zero attached hydrogens (tertiary/aromatic N) is 2. The molecule has 138 valence electrons. The lowest BCUT2D eigenvalue weighted by molar-refractivity contribution is -0.142. The Labute approximate surface area is 152 Å². The van der Waals surface area contributed by atoms with Crippen LogP contribution in [0.25, 0.3) is 5.69 Å². The monoisotopic (exact) mass is 356 g/mol. The fourth-order valence-electron chi connectivity index (χ4n) is 3.25. The van der Waals surface area contributed by atoms with E-state index >= 15 is 0 Å². The Morgan fingerprint density at radius 2 is 1.88 bits per heavy atom. The highest BCUT2D eigenvalue weighted by molar-refractivity contribution is 5.74. The molecule has 26 heavy (non-hydrogen) atoms. The SMILES string of the molecule is O=C(NCCc1cnn(-c2ccccc2)c1)NC1CCC(C(=O)O)CC1. The van der Waals surface area contributed by atoms with Crippen LogP contribution in [0, 0.1) is 5.92 Å². The topological polar surface area (TPSA) is 96.3 Å². The maximum atomic E-state index is 12.0. The number of nitrogens with one attached hydrogen (secondary N) is 2. The van der Waals surface area contributed by atoms with Crippen LogP contribution in [-0.4, -0.2) is 39.5 Å². The molecule has 0 bridgehead atoms. The first-order valence-electron chi connectivity index (χ1n) is 8.98. The lowest BCUT2D eigenvalue weighted by atomic mass is 9.86. The Bertz CT molecular complexity index is 736. The van der Waals surface area contributed by atoms with Crippen molar-refractivity contribution in [3.63, 3.8) is 0 Å². The average molecular weight is 356 g/mol. The lowest BCUT2D eigenvalue weighted by Gasteiger charge is -2.26. The van der Waals surface area contributed by atoms with Gasteiger partial charge in [-0.2, -0.15) is 5.10 Å². The maximum absolute atomic E-state index is 12.0. The molecule has 0 aliphatic heterocycles. The second-order valence-electron chi connectivity index (χ2n) is 6.67. The normalized spacial score (nSPS) is 19.7. The Morgan fingerprint density at radius 1 is 1.15 bits per heavy atom. The van der Waals surface area contributed by atoms with E-state index in [0.29, 0.717) is 38.6 Å². The Hall–Kier alpha value is -2.83. The molecule has 7 nitrogen and oxygen atoms in total. The first-order valence-corrected chi connectivity index (χ1v) is 8.98. The van der Waals surface area contributed by atoms with Crippen molar-refractivity contribution in [2.45, 2.75) is 38.1 Å². The molecule has 0 radical (unpaired) electrons. The van der Waals surface area contributed by atoms with Crippen LogP contribution in [-0.2, 0) is 11.2 Å². The van der Waals surface area contributed by atoms with Crippen molar-refractivity contribution >= 4 is 12.0 Å². The van der Waals surface area contributed by atoms with Crippen molar-refractivity contribution in [2.75, 3.05) is 6.54 Å². The van der Waals surface area contributed by atoms with Crippen LogP contribution in [0.5, 0.6) is 0 Å². The maximum Gasteiger partial charge on any atom is 0.315 e. The molecule has 1 aromatic carbocycles. The molecular weight excluding hydrogens is 332 g/mol. The molecule has 1 aromatic heterocycles. The number of carbonyl (C=O) groups is 2. The molecular formula is C19H24N4O3. The van der Waals surface area contributed by atoms with Gasteiger partial charge >= 0.3 is 12.0 Å². The summed E-state index contributed by atoms with van der Waals surface area (Å²) in [6.07, 6.45) is 7.15. The van der Waals surface area contributed by atoms with Gasteiger partial charge in [0.25, 0.3) is 0 Å². The van der Waals surface area contributed by atoms with Gasteiger partial charge in [0.15, 0.2) is 0 Å². The second kappa shape index (κ2) is 8.51. The first kappa shape index (κ1) is 18.0. The van der Waals surface area contributed by atoms with Gasteiger partial charge in [-0.3, -0.25) is 4.79 Å². The predicted octanol–water partition coefficient (Wildman–Crippen LogP) is 2.36. The molecule has 0 unspecified atom stereocenters. The molecule has 1 saturated carbocycles. The standard InChI is InChI=1S/C19H24N4O3/c24-18(25)15-6-8-16(9-7-15)22-19(26)20-11-10-14-12-21-23(13-14)17-4-2-1-3-5-17/h1-5,12-13,15-16H,6-11H2,(H,24,25)(H2,20,22,26). The Morgan fingerprint density at radius 3 is 2.58 bits per heavy atom. The Balaban J connectivity index is 1.38. The van der Waals surface area contributed by atoms with Crippen LogP contribution in [0.3, 0.4) is 0 Å². The van der Waals surface area contributed by atoms with Crippen molar-refractivity contribution < 1.29 is 14.7 Å². The van der Waals surface area contributed by atoms with E-state index in [4.69, 9.17) is 5.11 Å². The minimum atomic E-state index is -0.732. The molecule has 1 aliphatic carbocycles. The average Bonchev–Trinajstić information content (AvgIpc) is 3.12. The van der Waals surface area contributed by atoms with Crippen LogP contribution in [0.15, 0.2) is 42.7 Å². The molecule has 0 spiro atoms. The molecule has 1 aliphatic rings. The molecule has 1 heterocycles. The van der Waals surface area contributed by atoms with Gasteiger partial charge in [-0.05, 0) is 49.8 Å². The molecule has 3 rings (SSSR count). The van der Waals surface area contributed by atoms with Crippen LogP contribution < -0.4 is 10.6 Å². The number of aromatic nitrogens is 2. The number of rotatable bonds is 6. The van der Waals surface area contributed by atoms with Crippen molar-refractivity contribution in [2.24, 2.45) is 5.92 Å². The van der Waals surface area contributed by atoms with Gasteiger partial charge in [0.1, 0.15) is 0 Å². The van der Waals surface area contributed by atoms with E-state index in [9.17, 15) is 9.59 Å². The van der Waals surface area contributed by atoms with Crippen LogP contribution in [0.2, 0.25) is 0 Å². The summed E-state index contributed by atoms with van der Waals surface area (Å²) in [6, 6.07) is 9.73. The number of hydrogen-bond donors (Lipinski definition) is 3. The highest BCUT2D eigenvalue weighted by Crippen LogP contribution is 2.24. The van der Waals surface area contributed by atoms with E-state index in [0.717, 1.165) is 11.3 Å². The summed E-state index contributed by atoms with van der Waals surface area (Å²) in [6.45, 7) is 0.525. The van der Waals surface area contributed by atoms with Crippen LogP contribution in [0.4, 0.5) is 4.79 Å². The number of hydrogen-bond acceptors (Lipinski definition) is 3. The summed E-state index contributed by atoms with van der Waals surface area (Å²) in [5.74, 6) is -0.999. The molecule has 2 aromatic rings. The molecule has 0 saturated heterocycles. The molecule has 1 fully saturated rings. The zero-order chi connectivity index (χ0) is 18.4. The zero-order valence-corrected chi connectivity index (χ0v) is 14.6. The first-order chi connectivity index (χ1) is 12.6. The summed E-state index contributed by atoms with van der Waals surface area (Å²) < 4.78 is 1.82. The number of para-hydroxylation sites is 1. The fraction of sp³-hybridized carbons (Fsp3) is 0.421. The largest absolute Gasteiger partial charge is 0.481 e. The highest BCUT2D eigenvalue weighted by atomic mass is 16.4. The summed E-state index contributed by atoms with van der Waals surface area (Å²) in [5, 5.41) is 19.1. The summed E-state index contributed by atoms with van der Waals surface area (Å²) >= 11 is 0. The van der Waals surface area contributed by atoms with Gasteiger partial charge < -0.3 is 15.7 Å². The predicted molar refractivity (Wildman–Crippen MR) is 97.2 cm³/mol. The third-order valence-corrected chi connectivity index (χ3v) is 4.77. The second-order valence-corrected chi connectivity index (χ2v) is 6.67. The van der Waals surface area contributed by atoms with Gasteiger partial charge in [-0.15, -0.1) is 0 Å². The van der Waals surface area contributed by atoms with Gasteiger partial charge in [0.05, 0.1) is 17.8 Å². The third kappa shape index (κ3) is 4.84. The smallest absolute Gasteiger partial charge is 0.315 e. The minimum absolute atomic E-state index is 0.0615. The number of carboxylic acids is 1. The minimum Gasteiger partial charge on any atom is -0.481 e. The molecule has 3 N–H and O–H groups in total. The van der Waals surface area contributed by atoms with E-state index in [1.807, 2.05) is 41.2 Å². The number of carbonyl (C=O) groups excluding carboxylic acids is 1. The van der Waals surface area contributed by atoms with Crippen molar-refractivity contribution in [3.8, 4) is 5.69 Å². The zero-order valence-electron chi connectivity index (χ0n) is 14.6. The number of aliphatic carboxylic acids is 1. The van der Waals surface area contributed by atoms with E-state index in [1.165, 1.54) is 0 Å². The molecule has 7 heteroatoms. The summed E-state index contributed by atoms with van der Waals surface area (Å²) in [7, 11) is 0. The van der Waals surface area contributed by atoms with Crippen molar-refractivity contribution in [3.05, 3.63) is 48.3 Å². The van der Waals surface area contributed by atoms with Crippen LogP contribution in [0.1, 0.15) is 31.2 Å². The summed E-state index contributed by atoms with van der Waals surface area (Å²) in [5.41, 5.74) is 2.05. The fourth-order valence-corrected chi connectivity index (χ4v) is 3.25. The third-order valence-electron chi connectivity index (χ3n) is 4.77. The van der Waals surface area contributed by atoms with Crippen molar-refractivity contribution in [1.29, 1.82) is 0 Å². The van der Waals surface area contributed by atoms with E-state index < -0.39 is 5.97 Å². The van der Waals surface area contributed by atoms with E-state index in [1.54, 1.807) is 6.20 Å². The lowest BCUT2D eigenvalue weighted by Crippen LogP contribution is -2.44. The number of amides is 2.